The number of hydrogen-bond acceptors (Lipinski definition) is 6. The van der Waals surface area contributed by atoms with Gasteiger partial charge in [-0.25, -0.2) is 4.98 Å². The van der Waals surface area contributed by atoms with Crippen LogP contribution in [-0.2, 0) is 11.3 Å². The Labute approximate surface area is 128 Å². The monoisotopic (exact) mass is 305 g/mol. The summed E-state index contributed by atoms with van der Waals surface area (Å²) in [6.07, 6.45) is 3.55. The summed E-state index contributed by atoms with van der Waals surface area (Å²) in [4.78, 5) is 14.9. The van der Waals surface area contributed by atoms with Crippen molar-refractivity contribution in [1.82, 2.24) is 15.0 Å². The van der Waals surface area contributed by atoms with Crippen molar-refractivity contribution in [3.63, 3.8) is 0 Å². The van der Waals surface area contributed by atoms with Gasteiger partial charge in [0.05, 0.1) is 13.2 Å². The molecule has 0 saturated carbocycles. The van der Waals surface area contributed by atoms with Crippen LogP contribution in [0.3, 0.4) is 0 Å². The fraction of sp³-hybridized carbons (Fsp3) is 0.357. The highest BCUT2D eigenvalue weighted by molar-refractivity contribution is 6.29. The van der Waals surface area contributed by atoms with Crippen LogP contribution in [0.5, 0.6) is 0 Å². The smallest absolute Gasteiger partial charge is 0.226 e. The van der Waals surface area contributed by atoms with E-state index in [0.717, 1.165) is 24.5 Å². The molecule has 0 bridgehead atoms. The summed E-state index contributed by atoms with van der Waals surface area (Å²) in [6, 6.07) is 5.67. The highest BCUT2D eigenvalue weighted by Crippen LogP contribution is 2.19. The highest BCUT2D eigenvalue weighted by Gasteiger charge is 2.14. The molecule has 0 atom stereocenters. The zero-order chi connectivity index (χ0) is 14.5. The van der Waals surface area contributed by atoms with Gasteiger partial charge >= 0.3 is 0 Å². The van der Waals surface area contributed by atoms with Crippen LogP contribution >= 0.6 is 11.6 Å². The van der Waals surface area contributed by atoms with Crippen molar-refractivity contribution in [2.45, 2.75) is 6.54 Å². The molecule has 21 heavy (non-hydrogen) atoms. The molecule has 0 aliphatic carbocycles. The van der Waals surface area contributed by atoms with Gasteiger partial charge in [-0.15, -0.1) is 0 Å². The van der Waals surface area contributed by atoms with Gasteiger partial charge in [0.25, 0.3) is 0 Å². The SMILES string of the molecule is Clc1cc(N2CCOCC2)nc(NCc2cccnc2)n1. The fourth-order valence-corrected chi connectivity index (χ4v) is 2.30. The number of anilines is 2. The van der Waals surface area contributed by atoms with Gasteiger partial charge in [0.15, 0.2) is 0 Å². The van der Waals surface area contributed by atoms with E-state index in [1.807, 2.05) is 12.1 Å². The molecule has 0 aromatic carbocycles. The first-order valence-electron chi connectivity index (χ1n) is 6.81. The van der Waals surface area contributed by atoms with Gasteiger partial charge in [-0.05, 0) is 11.6 Å². The Kier molecular flexibility index (Phi) is 4.47. The van der Waals surface area contributed by atoms with Crippen LogP contribution in [0.25, 0.3) is 0 Å². The van der Waals surface area contributed by atoms with E-state index < -0.39 is 0 Å². The predicted molar refractivity (Wildman–Crippen MR) is 81.6 cm³/mol. The van der Waals surface area contributed by atoms with Crippen LogP contribution in [-0.4, -0.2) is 41.3 Å². The van der Waals surface area contributed by atoms with Crippen molar-refractivity contribution < 1.29 is 4.74 Å². The maximum atomic E-state index is 6.09. The van der Waals surface area contributed by atoms with Gasteiger partial charge in [0, 0.05) is 38.1 Å². The topological polar surface area (TPSA) is 63.2 Å². The third kappa shape index (κ3) is 3.80. The third-order valence-electron chi connectivity index (χ3n) is 3.19. The van der Waals surface area contributed by atoms with Crippen molar-refractivity contribution in [1.29, 1.82) is 0 Å². The second-order valence-electron chi connectivity index (χ2n) is 4.69. The van der Waals surface area contributed by atoms with E-state index in [4.69, 9.17) is 16.3 Å². The Morgan fingerprint density at radius 1 is 1.29 bits per heavy atom. The lowest BCUT2D eigenvalue weighted by Gasteiger charge is -2.28. The molecule has 1 aliphatic rings. The normalized spacial score (nSPS) is 15.0. The second kappa shape index (κ2) is 6.69. The number of aromatic nitrogens is 3. The minimum absolute atomic E-state index is 0.431. The summed E-state index contributed by atoms with van der Waals surface area (Å²) < 4.78 is 5.35. The molecule has 2 aromatic heterocycles. The van der Waals surface area contributed by atoms with Crippen molar-refractivity contribution in [2.75, 3.05) is 36.5 Å². The molecule has 1 fully saturated rings. The van der Waals surface area contributed by atoms with Gasteiger partial charge in [-0.2, -0.15) is 4.98 Å². The Hall–Kier alpha value is -1.92. The summed E-state index contributed by atoms with van der Waals surface area (Å²) in [5, 5.41) is 3.61. The van der Waals surface area contributed by atoms with E-state index in [9.17, 15) is 0 Å². The van der Waals surface area contributed by atoms with E-state index in [2.05, 4.69) is 25.2 Å². The molecule has 1 aliphatic heterocycles. The van der Waals surface area contributed by atoms with Gasteiger partial charge in [-0.3, -0.25) is 4.98 Å². The molecular formula is C14H16ClN5O. The molecule has 0 spiro atoms. The number of rotatable bonds is 4. The van der Waals surface area contributed by atoms with Crippen LogP contribution in [0.15, 0.2) is 30.6 Å². The zero-order valence-electron chi connectivity index (χ0n) is 11.5. The number of hydrogen-bond donors (Lipinski definition) is 1. The van der Waals surface area contributed by atoms with Crippen molar-refractivity contribution in [3.05, 3.63) is 41.3 Å². The first-order chi connectivity index (χ1) is 10.3. The van der Waals surface area contributed by atoms with E-state index in [0.29, 0.717) is 30.9 Å². The van der Waals surface area contributed by atoms with Crippen LogP contribution in [0.4, 0.5) is 11.8 Å². The highest BCUT2D eigenvalue weighted by atomic mass is 35.5. The molecule has 3 rings (SSSR count). The minimum atomic E-state index is 0.431. The first kappa shape index (κ1) is 14.0. The summed E-state index contributed by atoms with van der Waals surface area (Å²) in [5.74, 6) is 1.35. The number of ether oxygens (including phenoxy) is 1. The number of halogens is 1. The predicted octanol–water partition coefficient (Wildman–Crippen LogP) is 1.97. The van der Waals surface area contributed by atoms with Crippen LogP contribution in [0.2, 0.25) is 5.15 Å². The number of nitrogens with zero attached hydrogens (tertiary/aromatic N) is 4. The largest absolute Gasteiger partial charge is 0.378 e. The molecule has 1 N–H and O–H groups in total. The quantitative estimate of drug-likeness (QED) is 0.871. The standard InChI is InChI=1S/C14H16ClN5O/c15-12-8-13(20-4-6-21-7-5-20)19-14(18-12)17-10-11-2-1-3-16-9-11/h1-3,8-9H,4-7,10H2,(H,17,18,19). The van der Waals surface area contributed by atoms with Gasteiger partial charge in [0.2, 0.25) is 5.95 Å². The van der Waals surface area contributed by atoms with Crippen molar-refractivity contribution >= 4 is 23.4 Å². The first-order valence-corrected chi connectivity index (χ1v) is 7.19. The fourth-order valence-electron chi connectivity index (χ4n) is 2.12. The van der Waals surface area contributed by atoms with E-state index in [-0.39, 0.29) is 0 Å². The summed E-state index contributed by atoms with van der Waals surface area (Å²) in [7, 11) is 0. The van der Waals surface area contributed by atoms with E-state index in [1.54, 1.807) is 18.5 Å². The maximum absolute atomic E-state index is 6.09. The molecule has 7 heteroatoms. The average molecular weight is 306 g/mol. The minimum Gasteiger partial charge on any atom is -0.378 e. The molecule has 0 unspecified atom stereocenters. The Morgan fingerprint density at radius 3 is 2.90 bits per heavy atom. The third-order valence-corrected chi connectivity index (χ3v) is 3.38. The van der Waals surface area contributed by atoms with Gasteiger partial charge < -0.3 is 15.0 Å². The Bertz CT molecular complexity index is 589. The molecule has 2 aromatic rings. The lowest BCUT2D eigenvalue weighted by Crippen LogP contribution is -2.36. The second-order valence-corrected chi connectivity index (χ2v) is 5.07. The number of nitrogens with one attached hydrogen (secondary N) is 1. The van der Waals surface area contributed by atoms with Crippen LogP contribution < -0.4 is 10.2 Å². The maximum Gasteiger partial charge on any atom is 0.226 e. The van der Waals surface area contributed by atoms with E-state index >= 15 is 0 Å². The van der Waals surface area contributed by atoms with Crippen molar-refractivity contribution in [3.8, 4) is 0 Å². The van der Waals surface area contributed by atoms with E-state index in [1.165, 1.54) is 0 Å². The Balaban J connectivity index is 1.71. The van der Waals surface area contributed by atoms with Gasteiger partial charge in [-0.1, -0.05) is 17.7 Å². The van der Waals surface area contributed by atoms with Gasteiger partial charge in [0.1, 0.15) is 11.0 Å². The molecule has 0 radical (unpaired) electrons. The zero-order valence-corrected chi connectivity index (χ0v) is 12.3. The van der Waals surface area contributed by atoms with Crippen molar-refractivity contribution in [2.24, 2.45) is 0 Å². The summed E-state index contributed by atoms with van der Waals surface area (Å²) >= 11 is 6.09. The Morgan fingerprint density at radius 2 is 2.14 bits per heavy atom. The molecule has 110 valence electrons. The number of morpholine rings is 1. The number of pyridine rings is 1. The summed E-state index contributed by atoms with van der Waals surface area (Å²) in [5.41, 5.74) is 1.06. The van der Waals surface area contributed by atoms with Crippen LogP contribution in [0, 0.1) is 0 Å². The van der Waals surface area contributed by atoms with Crippen LogP contribution in [0.1, 0.15) is 5.56 Å². The summed E-state index contributed by atoms with van der Waals surface area (Å²) in [6.45, 7) is 3.65. The molecular weight excluding hydrogens is 290 g/mol. The molecule has 0 amide bonds. The molecule has 6 nitrogen and oxygen atoms in total. The lowest BCUT2D eigenvalue weighted by atomic mass is 10.3. The average Bonchev–Trinajstić information content (AvgIpc) is 2.54. The molecule has 3 heterocycles. The molecule has 1 saturated heterocycles. The lowest BCUT2D eigenvalue weighted by molar-refractivity contribution is 0.122.